The lowest BCUT2D eigenvalue weighted by Gasteiger charge is -2.33. The largest absolute Gasteiger partial charge is 0.325 e. The van der Waals surface area contributed by atoms with Crippen molar-refractivity contribution in [1.82, 2.24) is 9.99 Å². The van der Waals surface area contributed by atoms with E-state index in [1.54, 1.807) is 60.3 Å². The van der Waals surface area contributed by atoms with Crippen molar-refractivity contribution in [3.05, 3.63) is 60.8 Å². The molecule has 3 heterocycles. The van der Waals surface area contributed by atoms with E-state index < -0.39 is 11.6 Å². The molecule has 0 fully saturated rings. The van der Waals surface area contributed by atoms with Gasteiger partial charge in [0.2, 0.25) is 5.91 Å². The molecule has 0 saturated heterocycles. The molecule has 0 saturated carbocycles. The van der Waals surface area contributed by atoms with E-state index >= 15 is 0 Å². The fourth-order valence-corrected chi connectivity index (χ4v) is 3.10. The van der Waals surface area contributed by atoms with E-state index in [0.29, 0.717) is 16.8 Å². The highest BCUT2D eigenvalue weighted by atomic mass is 19.1. The lowest BCUT2D eigenvalue weighted by Crippen LogP contribution is -2.47. The summed E-state index contributed by atoms with van der Waals surface area (Å²) in [5.41, 5.74) is 1.05. The number of pyridine rings is 1. The number of amides is 1. The predicted octanol–water partition coefficient (Wildman–Crippen LogP) is 3.06. The van der Waals surface area contributed by atoms with Gasteiger partial charge < -0.3 is 5.32 Å². The number of allylic oxidation sites excluding steroid dienone is 1. The van der Waals surface area contributed by atoms with E-state index in [-0.39, 0.29) is 11.7 Å². The van der Waals surface area contributed by atoms with Gasteiger partial charge in [0.1, 0.15) is 11.7 Å². The van der Waals surface area contributed by atoms with Crippen molar-refractivity contribution in [3.63, 3.8) is 0 Å². The molecule has 6 nitrogen and oxygen atoms in total. The van der Waals surface area contributed by atoms with E-state index in [2.05, 4.69) is 20.4 Å². The third kappa shape index (κ3) is 2.67. The summed E-state index contributed by atoms with van der Waals surface area (Å²) < 4.78 is 13.6. The van der Waals surface area contributed by atoms with Gasteiger partial charge in [0.25, 0.3) is 0 Å². The van der Waals surface area contributed by atoms with E-state index in [1.807, 2.05) is 6.92 Å². The van der Waals surface area contributed by atoms with Gasteiger partial charge in [-0.3, -0.25) is 14.8 Å². The van der Waals surface area contributed by atoms with Crippen molar-refractivity contribution >= 4 is 24.0 Å². The van der Waals surface area contributed by atoms with Crippen LogP contribution >= 0.6 is 0 Å². The molecule has 2 aromatic rings. The molecule has 1 aromatic heterocycles. The molecule has 4 rings (SSSR count). The summed E-state index contributed by atoms with van der Waals surface area (Å²) in [6.07, 6.45) is 9.98. The zero-order valence-electron chi connectivity index (χ0n) is 14.0. The summed E-state index contributed by atoms with van der Waals surface area (Å²) in [6, 6.07) is 7.86. The Balaban J connectivity index is 1.63. The van der Waals surface area contributed by atoms with Gasteiger partial charge in [-0.25, -0.2) is 9.40 Å². The molecule has 0 bridgehead atoms. The van der Waals surface area contributed by atoms with Crippen molar-refractivity contribution in [2.24, 2.45) is 16.0 Å². The molecule has 2 atom stereocenters. The van der Waals surface area contributed by atoms with Crippen LogP contribution in [0.3, 0.4) is 0 Å². The molecule has 2 aliphatic rings. The molecule has 2 unspecified atom stereocenters. The number of nitrogens with one attached hydrogen (secondary N) is 1. The minimum Gasteiger partial charge on any atom is -0.325 e. The van der Waals surface area contributed by atoms with Gasteiger partial charge in [-0.2, -0.15) is 5.10 Å². The number of benzene rings is 1. The average Bonchev–Trinajstić information content (AvgIpc) is 2.99. The molecular weight excluding hydrogens is 333 g/mol. The van der Waals surface area contributed by atoms with Crippen LogP contribution in [0.15, 0.2) is 65.1 Å². The Morgan fingerprint density at radius 2 is 2.23 bits per heavy atom. The molecular formula is C19H16FN5O. The molecule has 130 valence electrons. The molecule has 1 aromatic carbocycles. The SMILES string of the molecule is CC12N=CC=CN1N=CC2C(=O)Nc1ccncc1-c1cccc(F)c1. The van der Waals surface area contributed by atoms with Crippen LogP contribution in [0.5, 0.6) is 0 Å². The number of carbonyl (C=O) groups excluding carboxylic acids is 1. The highest BCUT2D eigenvalue weighted by Gasteiger charge is 2.46. The zero-order chi connectivity index (χ0) is 18.1. The summed E-state index contributed by atoms with van der Waals surface area (Å²) in [5.74, 6) is -1.15. The van der Waals surface area contributed by atoms with E-state index in [4.69, 9.17) is 0 Å². The lowest BCUT2D eigenvalue weighted by molar-refractivity contribution is -0.120. The van der Waals surface area contributed by atoms with Crippen molar-refractivity contribution in [2.45, 2.75) is 12.6 Å². The first-order chi connectivity index (χ1) is 12.6. The quantitative estimate of drug-likeness (QED) is 0.926. The smallest absolute Gasteiger partial charge is 0.237 e. The number of rotatable bonds is 3. The Morgan fingerprint density at radius 3 is 3.08 bits per heavy atom. The molecule has 0 aliphatic carbocycles. The van der Waals surface area contributed by atoms with Crippen LogP contribution in [0.4, 0.5) is 10.1 Å². The topological polar surface area (TPSA) is 70.0 Å². The van der Waals surface area contributed by atoms with Crippen LogP contribution in [0, 0.1) is 11.7 Å². The Morgan fingerprint density at radius 1 is 1.35 bits per heavy atom. The minimum atomic E-state index is -0.787. The standard InChI is InChI=1S/C19H16FN5O/c1-19-16(12-23-25(19)9-3-7-22-19)18(26)24-17-6-8-21-11-15(17)13-4-2-5-14(20)10-13/h2-12,16H,1H3,(H,21,24,26). The van der Waals surface area contributed by atoms with Gasteiger partial charge in [-0.05, 0) is 36.8 Å². The third-order valence-corrected chi connectivity index (χ3v) is 4.54. The van der Waals surface area contributed by atoms with E-state index in [0.717, 1.165) is 0 Å². The molecule has 0 radical (unpaired) electrons. The lowest BCUT2D eigenvalue weighted by atomic mass is 9.94. The molecule has 1 N–H and O–H groups in total. The fourth-order valence-electron chi connectivity index (χ4n) is 3.10. The van der Waals surface area contributed by atoms with E-state index in [1.165, 1.54) is 12.1 Å². The summed E-state index contributed by atoms with van der Waals surface area (Å²) in [4.78, 5) is 21.4. The molecule has 7 heteroatoms. The molecule has 26 heavy (non-hydrogen) atoms. The Hall–Kier alpha value is -3.35. The molecule has 2 aliphatic heterocycles. The zero-order valence-corrected chi connectivity index (χ0v) is 14.0. The summed E-state index contributed by atoms with van der Waals surface area (Å²) in [7, 11) is 0. The number of aromatic nitrogens is 1. The average molecular weight is 349 g/mol. The first kappa shape index (κ1) is 16.1. The third-order valence-electron chi connectivity index (χ3n) is 4.54. The van der Waals surface area contributed by atoms with Crippen molar-refractivity contribution < 1.29 is 9.18 Å². The molecule has 0 spiro atoms. The van der Waals surface area contributed by atoms with Gasteiger partial charge in [-0.15, -0.1) is 0 Å². The van der Waals surface area contributed by atoms with Crippen LogP contribution in [0.25, 0.3) is 11.1 Å². The number of hydrogen-bond acceptors (Lipinski definition) is 5. The number of anilines is 1. The maximum absolute atomic E-state index is 13.6. The van der Waals surface area contributed by atoms with Crippen LogP contribution in [0.1, 0.15) is 6.92 Å². The van der Waals surface area contributed by atoms with Gasteiger partial charge in [0, 0.05) is 36.6 Å². The highest BCUT2D eigenvalue weighted by molar-refractivity contribution is 6.05. The second-order valence-electron chi connectivity index (χ2n) is 6.22. The highest BCUT2D eigenvalue weighted by Crippen LogP contribution is 2.35. The second-order valence-corrected chi connectivity index (χ2v) is 6.22. The number of carbonyl (C=O) groups is 1. The summed E-state index contributed by atoms with van der Waals surface area (Å²) in [5, 5.41) is 8.83. The Labute approximate surface area is 149 Å². The van der Waals surface area contributed by atoms with Crippen LogP contribution in [-0.4, -0.2) is 34.0 Å². The minimum absolute atomic E-state index is 0.241. The van der Waals surface area contributed by atoms with Crippen molar-refractivity contribution in [2.75, 3.05) is 5.32 Å². The number of halogens is 1. The summed E-state index contributed by atoms with van der Waals surface area (Å²) >= 11 is 0. The normalized spacial score (nSPS) is 23.2. The number of hydrazone groups is 1. The Kier molecular flexibility index (Phi) is 3.84. The van der Waals surface area contributed by atoms with Crippen LogP contribution < -0.4 is 5.32 Å². The molecule has 1 amide bonds. The van der Waals surface area contributed by atoms with Gasteiger partial charge in [0.05, 0.1) is 5.69 Å². The number of hydrogen-bond donors (Lipinski definition) is 1. The van der Waals surface area contributed by atoms with Crippen molar-refractivity contribution in [3.8, 4) is 11.1 Å². The maximum atomic E-state index is 13.6. The van der Waals surface area contributed by atoms with E-state index in [9.17, 15) is 9.18 Å². The second kappa shape index (κ2) is 6.18. The number of aliphatic imine (C=N–C) groups is 1. The Bertz CT molecular complexity index is 954. The van der Waals surface area contributed by atoms with Gasteiger partial charge in [0.15, 0.2) is 5.66 Å². The summed E-state index contributed by atoms with van der Waals surface area (Å²) in [6.45, 7) is 1.85. The number of fused-ring (bicyclic) bond motifs is 1. The fraction of sp³-hybridized carbons (Fsp3) is 0.158. The predicted molar refractivity (Wildman–Crippen MR) is 98.1 cm³/mol. The monoisotopic (exact) mass is 349 g/mol. The van der Waals surface area contributed by atoms with Crippen LogP contribution in [0.2, 0.25) is 0 Å². The van der Waals surface area contributed by atoms with Gasteiger partial charge in [-0.1, -0.05) is 12.1 Å². The van der Waals surface area contributed by atoms with Gasteiger partial charge >= 0.3 is 0 Å². The maximum Gasteiger partial charge on any atom is 0.237 e. The first-order valence-electron chi connectivity index (χ1n) is 8.14. The first-order valence-corrected chi connectivity index (χ1v) is 8.14. The van der Waals surface area contributed by atoms with Crippen LogP contribution in [-0.2, 0) is 4.79 Å². The number of nitrogens with zero attached hydrogens (tertiary/aromatic N) is 4. The van der Waals surface area contributed by atoms with Crippen molar-refractivity contribution in [1.29, 1.82) is 0 Å².